The van der Waals surface area contributed by atoms with E-state index in [1.54, 1.807) is 0 Å². The van der Waals surface area contributed by atoms with Crippen LogP contribution >= 0.6 is 0 Å². The molecule has 0 radical (unpaired) electrons. The van der Waals surface area contributed by atoms with Crippen LogP contribution in [0.25, 0.3) is 0 Å². The molecule has 0 aliphatic carbocycles. The number of rotatable bonds is 4. The first-order valence-electron chi connectivity index (χ1n) is 7.26. The zero-order valence-electron chi connectivity index (χ0n) is 12.9. The van der Waals surface area contributed by atoms with Crippen molar-refractivity contribution in [2.75, 3.05) is 37.4 Å². The van der Waals surface area contributed by atoms with Gasteiger partial charge < -0.3 is 10.2 Å². The van der Waals surface area contributed by atoms with Gasteiger partial charge in [-0.25, -0.2) is 0 Å². The van der Waals surface area contributed by atoms with Gasteiger partial charge in [-0.1, -0.05) is 6.07 Å². The predicted molar refractivity (Wildman–Crippen MR) is 84.2 cm³/mol. The standard InChI is InChI=1S/C16H27N3/c1-12(2)19-9-8-15(11-19)17-14-7-6-13(3)16(10-14)18(4)5/h6-7,10,12,15,17H,8-9,11H2,1-5H3. The number of anilines is 2. The summed E-state index contributed by atoms with van der Waals surface area (Å²) in [6.07, 6.45) is 1.24. The Bertz CT molecular complexity index is 426. The zero-order valence-corrected chi connectivity index (χ0v) is 12.9. The molecule has 1 heterocycles. The number of hydrogen-bond acceptors (Lipinski definition) is 3. The summed E-state index contributed by atoms with van der Waals surface area (Å²) in [4.78, 5) is 4.72. The summed E-state index contributed by atoms with van der Waals surface area (Å²) in [5.41, 5.74) is 3.86. The Labute approximate surface area is 117 Å². The maximum atomic E-state index is 3.68. The van der Waals surface area contributed by atoms with E-state index < -0.39 is 0 Å². The van der Waals surface area contributed by atoms with Crippen molar-refractivity contribution < 1.29 is 0 Å². The molecule has 1 atom stereocenters. The third-order valence-electron chi connectivity index (χ3n) is 4.01. The van der Waals surface area contributed by atoms with Crippen LogP contribution in [-0.4, -0.2) is 44.2 Å². The van der Waals surface area contributed by atoms with Gasteiger partial charge >= 0.3 is 0 Å². The van der Waals surface area contributed by atoms with E-state index in [-0.39, 0.29) is 0 Å². The molecule has 2 rings (SSSR count). The first-order chi connectivity index (χ1) is 8.97. The third-order valence-corrected chi connectivity index (χ3v) is 4.01. The fourth-order valence-electron chi connectivity index (χ4n) is 2.79. The van der Waals surface area contributed by atoms with Crippen LogP contribution in [0.5, 0.6) is 0 Å². The molecular weight excluding hydrogens is 234 g/mol. The Morgan fingerprint density at radius 3 is 2.63 bits per heavy atom. The molecule has 0 aromatic heterocycles. The van der Waals surface area contributed by atoms with Crippen LogP contribution < -0.4 is 10.2 Å². The molecule has 106 valence electrons. The summed E-state index contributed by atoms with van der Waals surface area (Å²) >= 11 is 0. The molecule has 3 nitrogen and oxygen atoms in total. The number of likely N-dealkylation sites (tertiary alicyclic amines) is 1. The van der Waals surface area contributed by atoms with Gasteiger partial charge in [0.1, 0.15) is 0 Å². The summed E-state index contributed by atoms with van der Waals surface area (Å²) in [5, 5.41) is 3.68. The molecule has 1 N–H and O–H groups in total. The molecule has 1 aliphatic rings. The first kappa shape index (κ1) is 14.2. The van der Waals surface area contributed by atoms with E-state index in [1.165, 1.54) is 29.9 Å². The van der Waals surface area contributed by atoms with Crippen LogP contribution in [0.2, 0.25) is 0 Å². The van der Waals surface area contributed by atoms with Crippen LogP contribution in [0.3, 0.4) is 0 Å². The van der Waals surface area contributed by atoms with Crippen molar-refractivity contribution in [1.29, 1.82) is 0 Å². The second-order valence-corrected chi connectivity index (χ2v) is 6.11. The second kappa shape index (κ2) is 5.83. The lowest BCUT2D eigenvalue weighted by Gasteiger charge is -2.22. The number of benzene rings is 1. The molecule has 19 heavy (non-hydrogen) atoms. The quantitative estimate of drug-likeness (QED) is 0.899. The fourth-order valence-corrected chi connectivity index (χ4v) is 2.79. The largest absolute Gasteiger partial charge is 0.381 e. The summed E-state index contributed by atoms with van der Waals surface area (Å²) < 4.78 is 0. The van der Waals surface area contributed by atoms with Gasteiger partial charge in [0.15, 0.2) is 0 Å². The maximum Gasteiger partial charge on any atom is 0.0411 e. The smallest absolute Gasteiger partial charge is 0.0411 e. The summed E-state index contributed by atoms with van der Waals surface area (Å²) in [6, 6.07) is 7.89. The van der Waals surface area contributed by atoms with Crippen molar-refractivity contribution in [3.05, 3.63) is 23.8 Å². The van der Waals surface area contributed by atoms with Gasteiger partial charge in [-0.3, -0.25) is 4.90 Å². The van der Waals surface area contributed by atoms with Crippen molar-refractivity contribution in [3.63, 3.8) is 0 Å². The minimum Gasteiger partial charge on any atom is -0.381 e. The van der Waals surface area contributed by atoms with Crippen molar-refractivity contribution in [2.24, 2.45) is 0 Å². The average Bonchev–Trinajstić information content (AvgIpc) is 2.80. The molecule has 1 fully saturated rings. The highest BCUT2D eigenvalue weighted by molar-refractivity contribution is 5.62. The number of aryl methyl sites for hydroxylation is 1. The number of hydrogen-bond donors (Lipinski definition) is 1. The van der Waals surface area contributed by atoms with Crippen LogP contribution in [0.1, 0.15) is 25.8 Å². The molecule has 1 saturated heterocycles. The molecule has 1 aliphatic heterocycles. The van der Waals surface area contributed by atoms with Crippen molar-refractivity contribution >= 4 is 11.4 Å². The van der Waals surface area contributed by atoms with Crippen LogP contribution in [0, 0.1) is 6.92 Å². The Hall–Kier alpha value is -1.22. The molecule has 1 aromatic carbocycles. The van der Waals surface area contributed by atoms with Gasteiger partial charge in [0.25, 0.3) is 0 Å². The molecule has 1 unspecified atom stereocenters. The summed E-state index contributed by atoms with van der Waals surface area (Å²) in [7, 11) is 4.20. The molecular formula is C16H27N3. The van der Waals surface area contributed by atoms with E-state index in [1.807, 2.05) is 0 Å². The van der Waals surface area contributed by atoms with E-state index >= 15 is 0 Å². The van der Waals surface area contributed by atoms with Crippen LogP contribution in [-0.2, 0) is 0 Å². The van der Waals surface area contributed by atoms with Gasteiger partial charge in [0.05, 0.1) is 0 Å². The topological polar surface area (TPSA) is 18.5 Å². The van der Waals surface area contributed by atoms with Gasteiger partial charge in [-0.05, 0) is 44.9 Å². The van der Waals surface area contributed by atoms with Gasteiger partial charge in [-0.15, -0.1) is 0 Å². The normalized spacial score (nSPS) is 20.0. The highest BCUT2D eigenvalue weighted by Crippen LogP contribution is 2.24. The minimum absolute atomic E-state index is 0.583. The highest BCUT2D eigenvalue weighted by atomic mass is 15.2. The van der Waals surface area contributed by atoms with E-state index in [0.29, 0.717) is 12.1 Å². The van der Waals surface area contributed by atoms with Gasteiger partial charge in [0, 0.05) is 50.6 Å². The zero-order chi connectivity index (χ0) is 14.0. The minimum atomic E-state index is 0.583. The van der Waals surface area contributed by atoms with Crippen LogP contribution in [0.15, 0.2) is 18.2 Å². The molecule has 3 heteroatoms. The van der Waals surface area contributed by atoms with Gasteiger partial charge in [0.2, 0.25) is 0 Å². The monoisotopic (exact) mass is 261 g/mol. The van der Waals surface area contributed by atoms with E-state index in [0.717, 1.165) is 6.54 Å². The third kappa shape index (κ3) is 3.41. The Morgan fingerprint density at radius 1 is 1.32 bits per heavy atom. The lowest BCUT2D eigenvalue weighted by molar-refractivity contribution is 0.274. The SMILES string of the molecule is Cc1ccc(NC2CCN(C(C)C)C2)cc1N(C)C. The fraction of sp³-hybridized carbons (Fsp3) is 0.625. The average molecular weight is 261 g/mol. The van der Waals surface area contributed by atoms with E-state index in [4.69, 9.17) is 0 Å². The van der Waals surface area contributed by atoms with Crippen molar-refractivity contribution in [1.82, 2.24) is 4.90 Å². The van der Waals surface area contributed by atoms with E-state index in [2.05, 4.69) is 68.2 Å². The van der Waals surface area contributed by atoms with Crippen molar-refractivity contribution in [2.45, 2.75) is 39.3 Å². The van der Waals surface area contributed by atoms with Gasteiger partial charge in [-0.2, -0.15) is 0 Å². The number of nitrogens with one attached hydrogen (secondary N) is 1. The number of nitrogens with zero attached hydrogens (tertiary/aromatic N) is 2. The Morgan fingerprint density at radius 2 is 2.05 bits per heavy atom. The van der Waals surface area contributed by atoms with E-state index in [9.17, 15) is 0 Å². The van der Waals surface area contributed by atoms with Crippen LogP contribution in [0.4, 0.5) is 11.4 Å². The Kier molecular flexibility index (Phi) is 4.35. The lowest BCUT2D eigenvalue weighted by Crippen LogP contribution is -2.31. The van der Waals surface area contributed by atoms with Crippen molar-refractivity contribution in [3.8, 4) is 0 Å². The summed E-state index contributed by atoms with van der Waals surface area (Å²) in [6.45, 7) is 9.08. The Balaban J connectivity index is 2.02. The molecule has 0 saturated carbocycles. The second-order valence-electron chi connectivity index (χ2n) is 6.11. The summed E-state index contributed by atoms with van der Waals surface area (Å²) in [5.74, 6) is 0. The predicted octanol–water partition coefficient (Wildman–Crippen LogP) is 2.96. The molecule has 0 spiro atoms. The maximum absolute atomic E-state index is 3.68. The molecule has 0 bridgehead atoms. The lowest BCUT2D eigenvalue weighted by atomic mass is 10.1. The first-order valence-corrected chi connectivity index (χ1v) is 7.26. The molecule has 1 aromatic rings. The molecule has 0 amide bonds. The highest BCUT2D eigenvalue weighted by Gasteiger charge is 2.23.